The first kappa shape index (κ1) is 24.4. The standard InChI is InChI=1S/C28H36O5Si/c1-17-14-18-12-13-20-25(23(18)22(15-17)31-6)26(29)24-19(10-9-11-21(24)32-16-30-5)27(20)33-34(7,8)28(2,3)4/h9-11,14-15,29H,12-13,16H2,1-8H3. The van der Waals surface area contributed by atoms with Crippen molar-refractivity contribution in [2.24, 2.45) is 0 Å². The second-order valence-electron chi connectivity index (χ2n) is 10.6. The van der Waals surface area contributed by atoms with Gasteiger partial charge in [0, 0.05) is 29.2 Å². The minimum absolute atomic E-state index is 0.0234. The Morgan fingerprint density at radius 2 is 1.74 bits per heavy atom. The summed E-state index contributed by atoms with van der Waals surface area (Å²) in [4.78, 5) is 0. The van der Waals surface area contributed by atoms with E-state index in [4.69, 9.17) is 18.6 Å². The number of ether oxygens (including phenoxy) is 3. The molecule has 0 radical (unpaired) electrons. The van der Waals surface area contributed by atoms with Crippen molar-refractivity contribution in [3.05, 3.63) is 47.0 Å². The molecule has 5 nitrogen and oxygen atoms in total. The molecule has 0 saturated carbocycles. The predicted molar refractivity (Wildman–Crippen MR) is 140 cm³/mol. The molecule has 0 bridgehead atoms. The third-order valence-corrected chi connectivity index (χ3v) is 11.6. The Hall–Kier alpha value is -2.70. The number of methoxy groups -OCH3 is 2. The van der Waals surface area contributed by atoms with E-state index in [2.05, 4.69) is 46.9 Å². The van der Waals surface area contributed by atoms with Crippen molar-refractivity contribution >= 4 is 19.1 Å². The number of fused-ring (bicyclic) bond motifs is 4. The number of aromatic hydroxyl groups is 1. The van der Waals surface area contributed by atoms with Crippen molar-refractivity contribution in [3.8, 4) is 34.1 Å². The maximum atomic E-state index is 11.8. The van der Waals surface area contributed by atoms with E-state index in [9.17, 15) is 5.11 Å². The van der Waals surface area contributed by atoms with Gasteiger partial charge in [-0.25, -0.2) is 0 Å². The van der Waals surface area contributed by atoms with Crippen molar-refractivity contribution in [3.63, 3.8) is 0 Å². The molecule has 182 valence electrons. The van der Waals surface area contributed by atoms with Gasteiger partial charge in [0.2, 0.25) is 0 Å². The first-order chi connectivity index (χ1) is 16.0. The summed E-state index contributed by atoms with van der Waals surface area (Å²) in [5.74, 6) is 2.38. The normalized spacial score (nSPS) is 13.4. The van der Waals surface area contributed by atoms with Gasteiger partial charge in [0.05, 0.1) is 12.5 Å². The zero-order valence-electron chi connectivity index (χ0n) is 21.6. The lowest BCUT2D eigenvalue weighted by Gasteiger charge is -2.38. The van der Waals surface area contributed by atoms with Gasteiger partial charge in [0.25, 0.3) is 8.32 Å². The fraction of sp³-hybridized carbons (Fsp3) is 0.429. The summed E-state index contributed by atoms with van der Waals surface area (Å²) in [5.41, 5.74) is 5.07. The fourth-order valence-electron chi connectivity index (χ4n) is 4.51. The van der Waals surface area contributed by atoms with Gasteiger partial charge in [-0.3, -0.25) is 0 Å². The minimum Gasteiger partial charge on any atom is -0.543 e. The molecule has 1 aliphatic rings. The number of phenols is 1. The smallest absolute Gasteiger partial charge is 0.250 e. The molecule has 0 fully saturated rings. The molecular weight excluding hydrogens is 444 g/mol. The van der Waals surface area contributed by atoms with Crippen LogP contribution in [-0.4, -0.2) is 34.4 Å². The van der Waals surface area contributed by atoms with Crippen molar-refractivity contribution < 1.29 is 23.7 Å². The summed E-state index contributed by atoms with van der Waals surface area (Å²) < 4.78 is 23.9. The van der Waals surface area contributed by atoms with E-state index < -0.39 is 8.32 Å². The van der Waals surface area contributed by atoms with Gasteiger partial charge in [0.15, 0.2) is 6.79 Å². The van der Waals surface area contributed by atoms with Crippen molar-refractivity contribution in [2.45, 2.75) is 58.7 Å². The van der Waals surface area contributed by atoms with Gasteiger partial charge in [-0.1, -0.05) is 39.0 Å². The molecule has 0 spiro atoms. The lowest BCUT2D eigenvalue weighted by Crippen LogP contribution is -2.44. The van der Waals surface area contributed by atoms with E-state index in [1.165, 1.54) is 5.56 Å². The molecule has 3 aromatic carbocycles. The van der Waals surface area contributed by atoms with Crippen molar-refractivity contribution in [1.29, 1.82) is 0 Å². The topological polar surface area (TPSA) is 57.2 Å². The largest absolute Gasteiger partial charge is 0.543 e. The van der Waals surface area contributed by atoms with Gasteiger partial charge in [0.1, 0.15) is 23.0 Å². The van der Waals surface area contributed by atoms with Gasteiger partial charge in [-0.2, -0.15) is 0 Å². The monoisotopic (exact) mass is 480 g/mol. The average molecular weight is 481 g/mol. The highest BCUT2D eigenvalue weighted by molar-refractivity contribution is 6.74. The third-order valence-electron chi connectivity index (χ3n) is 7.26. The highest BCUT2D eigenvalue weighted by Gasteiger charge is 2.41. The first-order valence-corrected chi connectivity index (χ1v) is 14.7. The Bertz CT molecular complexity index is 1220. The summed E-state index contributed by atoms with van der Waals surface area (Å²) in [6.45, 7) is 13.4. The zero-order valence-corrected chi connectivity index (χ0v) is 22.6. The second kappa shape index (κ2) is 8.82. The van der Waals surface area contributed by atoms with Crippen LogP contribution in [0.4, 0.5) is 0 Å². The molecule has 1 N–H and O–H groups in total. The number of benzene rings is 3. The molecule has 0 atom stereocenters. The van der Waals surface area contributed by atoms with E-state index in [-0.39, 0.29) is 17.6 Å². The number of rotatable bonds is 6. The third kappa shape index (κ3) is 4.03. The van der Waals surface area contributed by atoms with Gasteiger partial charge >= 0.3 is 0 Å². The number of aryl methyl sites for hydroxylation is 2. The summed E-state index contributed by atoms with van der Waals surface area (Å²) in [5, 5.41) is 13.3. The van der Waals surface area contributed by atoms with E-state index >= 15 is 0 Å². The molecule has 0 amide bonds. The van der Waals surface area contributed by atoms with Gasteiger partial charge in [-0.15, -0.1) is 0 Å². The van der Waals surface area contributed by atoms with Gasteiger partial charge < -0.3 is 23.7 Å². The van der Waals surface area contributed by atoms with E-state index in [1.807, 2.05) is 24.3 Å². The fourth-order valence-corrected chi connectivity index (χ4v) is 5.56. The van der Waals surface area contributed by atoms with E-state index in [0.717, 1.165) is 52.0 Å². The van der Waals surface area contributed by atoms with Gasteiger partial charge in [-0.05, 0) is 61.2 Å². The summed E-state index contributed by atoms with van der Waals surface area (Å²) in [7, 11) is 1.08. The molecule has 6 heteroatoms. The van der Waals surface area contributed by atoms with Crippen LogP contribution in [0.25, 0.3) is 21.9 Å². The molecule has 0 heterocycles. The number of hydrogen-bond donors (Lipinski definition) is 1. The van der Waals surface area contributed by atoms with Crippen molar-refractivity contribution in [2.75, 3.05) is 21.0 Å². The Balaban J connectivity index is 2.11. The molecule has 0 aliphatic heterocycles. The minimum atomic E-state index is -2.18. The summed E-state index contributed by atoms with van der Waals surface area (Å²) in [6.07, 6.45) is 1.64. The maximum absolute atomic E-state index is 11.8. The first-order valence-electron chi connectivity index (χ1n) is 11.8. The Morgan fingerprint density at radius 3 is 2.38 bits per heavy atom. The molecule has 4 rings (SSSR count). The zero-order chi connectivity index (χ0) is 24.8. The molecular formula is C28H36O5Si. The van der Waals surface area contributed by atoms with Crippen LogP contribution in [0.2, 0.25) is 18.1 Å². The van der Waals surface area contributed by atoms with Crippen LogP contribution in [0.3, 0.4) is 0 Å². The van der Waals surface area contributed by atoms with Crippen LogP contribution in [0, 0.1) is 6.92 Å². The molecule has 0 aromatic heterocycles. The number of phenolic OH excluding ortho intramolecular Hbond substituents is 1. The Morgan fingerprint density at radius 1 is 1.00 bits per heavy atom. The maximum Gasteiger partial charge on any atom is 0.250 e. The lowest BCUT2D eigenvalue weighted by molar-refractivity contribution is 0.0521. The van der Waals surface area contributed by atoms with Crippen molar-refractivity contribution in [1.82, 2.24) is 0 Å². The van der Waals surface area contributed by atoms with Crippen LogP contribution in [0.5, 0.6) is 23.0 Å². The Labute approximate surface area is 203 Å². The lowest BCUT2D eigenvalue weighted by atomic mass is 9.81. The summed E-state index contributed by atoms with van der Waals surface area (Å²) in [6, 6.07) is 10.0. The van der Waals surface area contributed by atoms with Crippen LogP contribution >= 0.6 is 0 Å². The summed E-state index contributed by atoms with van der Waals surface area (Å²) >= 11 is 0. The molecule has 1 aliphatic carbocycles. The second-order valence-corrected chi connectivity index (χ2v) is 15.3. The molecule has 34 heavy (non-hydrogen) atoms. The Kier molecular flexibility index (Phi) is 6.34. The average Bonchev–Trinajstić information content (AvgIpc) is 2.78. The highest BCUT2D eigenvalue weighted by Crippen LogP contribution is 2.55. The number of hydrogen-bond acceptors (Lipinski definition) is 5. The highest BCUT2D eigenvalue weighted by atomic mass is 28.4. The molecule has 0 unspecified atom stereocenters. The van der Waals surface area contributed by atoms with Crippen LogP contribution in [0.1, 0.15) is 37.5 Å². The van der Waals surface area contributed by atoms with Crippen LogP contribution in [0.15, 0.2) is 30.3 Å². The van der Waals surface area contributed by atoms with Crippen LogP contribution < -0.4 is 13.9 Å². The molecule has 3 aromatic rings. The van der Waals surface area contributed by atoms with E-state index in [1.54, 1.807) is 14.2 Å². The molecule has 0 saturated heterocycles. The quantitative estimate of drug-likeness (QED) is 0.304. The van der Waals surface area contributed by atoms with Crippen LogP contribution in [-0.2, 0) is 17.6 Å². The SMILES string of the molecule is COCOc1cccc2c(O[Si](C)(C)C(C)(C)C)c3c(c(O)c12)-c1c(cc(C)cc1OC)CC3. The predicted octanol–water partition coefficient (Wildman–Crippen LogP) is 6.99. The van der Waals surface area contributed by atoms with E-state index in [0.29, 0.717) is 11.1 Å².